The van der Waals surface area contributed by atoms with Gasteiger partial charge in [0.2, 0.25) is 17.5 Å². The summed E-state index contributed by atoms with van der Waals surface area (Å²) in [6.45, 7) is 0. The topological polar surface area (TPSA) is 104 Å². The minimum Gasteiger partial charge on any atom is -0.493 e. The highest BCUT2D eigenvalue weighted by Gasteiger charge is 2.45. The minimum absolute atomic E-state index is 0.0137. The van der Waals surface area contributed by atoms with Gasteiger partial charge in [-0.05, 0) is 42.0 Å². The number of amides is 1. The normalized spacial score (nSPS) is 14.9. The van der Waals surface area contributed by atoms with Crippen LogP contribution in [0.2, 0.25) is 0 Å². The number of carbonyl (C=O) groups excluding carboxylic acids is 1. The van der Waals surface area contributed by atoms with Gasteiger partial charge in [0.1, 0.15) is 11.4 Å². The van der Waals surface area contributed by atoms with Crippen LogP contribution in [0.25, 0.3) is 11.0 Å². The van der Waals surface area contributed by atoms with E-state index in [2.05, 4.69) is 9.97 Å². The molecule has 0 saturated carbocycles. The van der Waals surface area contributed by atoms with E-state index in [0.717, 1.165) is 12.1 Å². The highest BCUT2D eigenvalue weighted by molar-refractivity contribution is 6.09. The Labute approximate surface area is 192 Å². The number of methoxy groups -OCH3 is 3. The van der Waals surface area contributed by atoms with Gasteiger partial charge in [-0.1, -0.05) is 0 Å². The summed E-state index contributed by atoms with van der Waals surface area (Å²) in [4.78, 5) is 36.8. The summed E-state index contributed by atoms with van der Waals surface area (Å²) in [7, 11) is 4.38. The number of hydrogen-bond acceptors (Lipinski definition) is 8. The highest BCUT2D eigenvalue weighted by Crippen LogP contribution is 2.45. The van der Waals surface area contributed by atoms with Gasteiger partial charge in [0, 0.05) is 12.4 Å². The number of carbonyl (C=O) groups is 1. The van der Waals surface area contributed by atoms with Gasteiger partial charge in [0.15, 0.2) is 16.9 Å². The number of rotatable bonds is 5. The van der Waals surface area contributed by atoms with E-state index in [1.54, 1.807) is 18.2 Å². The fraction of sp³-hybridized carbons (Fsp3) is 0.167. The van der Waals surface area contributed by atoms with Crippen LogP contribution < -0.4 is 24.5 Å². The maximum Gasteiger partial charge on any atom is 0.297 e. The van der Waals surface area contributed by atoms with E-state index in [1.807, 2.05) is 0 Å². The highest BCUT2D eigenvalue weighted by atomic mass is 19.1. The SMILES string of the molecule is COc1cc(C2c3c(oc4ccc(F)cc4c3=O)C(=O)N2c2ncccn2)cc(OC)c1OC. The first-order valence-corrected chi connectivity index (χ1v) is 10.1. The fourth-order valence-electron chi connectivity index (χ4n) is 4.14. The number of aromatic nitrogens is 2. The second kappa shape index (κ2) is 8.14. The summed E-state index contributed by atoms with van der Waals surface area (Å²) in [6, 6.07) is 7.41. The van der Waals surface area contributed by atoms with Crippen LogP contribution in [-0.2, 0) is 0 Å². The lowest BCUT2D eigenvalue weighted by Gasteiger charge is -2.24. The zero-order valence-corrected chi connectivity index (χ0v) is 18.4. The number of hydrogen-bond donors (Lipinski definition) is 0. The first-order valence-electron chi connectivity index (χ1n) is 10.1. The van der Waals surface area contributed by atoms with Crippen molar-refractivity contribution in [3.05, 3.63) is 81.7 Å². The number of benzene rings is 2. The molecule has 1 amide bonds. The molecule has 0 radical (unpaired) electrons. The maximum absolute atomic E-state index is 14.0. The molecule has 172 valence electrons. The third-order valence-electron chi connectivity index (χ3n) is 5.60. The molecule has 0 bridgehead atoms. The second-order valence-electron chi connectivity index (χ2n) is 7.40. The molecule has 3 heterocycles. The number of halogens is 1. The molecule has 1 aliphatic heterocycles. The van der Waals surface area contributed by atoms with Crippen LogP contribution in [0.15, 0.2) is 58.0 Å². The number of ether oxygens (including phenoxy) is 3. The summed E-state index contributed by atoms with van der Waals surface area (Å²) < 4.78 is 36.1. The largest absolute Gasteiger partial charge is 0.493 e. The van der Waals surface area contributed by atoms with Gasteiger partial charge in [-0.25, -0.2) is 14.4 Å². The Morgan fingerprint density at radius 1 is 0.971 bits per heavy atom. The van der Waals surface area contributed by atoms with E-state index in [9.17, 15) is 14.0 Å². The van der Waals surface area contributed by atoms with Crippen molar-refractivity contribution in [1.29, 1.82) is 0 Å². The van der Waals surface area contributed by atoms with Crippen LogP contribution in [0.5, 0.6) is 17.2 Å². The molecule has 1 atom stereocenters. The zero-order valence-electron chi connectivity index (χ0n) is 18.4. The minimum atomic E-state index is -0.998. The molecular formula is C24H18FN3O6. The molecule has 0 N–H and O–H groups in total. The molecule has 0 fully saturated rings. The molecule has 10 heteroatoms. The summed E-state index contributed by atoms with van der Waals surface area (Å²) in [6.07, 6.45) is 2.96. The molecule has 4 aromatic rings. The maximum atomic E-state index is 14.0. The van der Waals surface area contributed by atoms with E-state index in [-0.39, 0.29) is 28.2 Å². The van der Waals surface area contributed by atoms with Crippen molar-refractivity contribution in [3.8, 4) is 17.2 Å². The van der Waals surface area contributed by atoms with Crippen molar-refractivity contribution >= 4 is 22.8 Å². The van der Waals surface area contributed by atoms with Crippen molar-refractivity contribution in [2.75, 3.05) is 26.2 Å². The number of fused-ring (bicyclic) bond motifs is 2. The van der Waals surface area contributed by atoms with Gasteiger partial charge in [-0.2, -0.15) is 0 Å². The van der Waals surface area contributed by atoms with Crippen molar-refractivity contribution in [3.63, 3.8) is 0 Å². The molecule has 2 aromatic carbocycles. The lowest BCUT2D eigenvalue weighted by Crippen LogP contribution is -2.31. The number of anilines is 1. The zero-order chi connectivity index (χ0) is 24.0. The van der Waals surface area contributed by atoms with Gasteiger partial charge in [-0.15, -0.1) is 0 Å². The van der Waals surface area contributed by atoms with Gasteiger partial charge in [-0.3, -0.25) is 14.5 Å². The number of nitrogens with zero attached hydrogens (tertiary/aromatic N) is 3. The Bertz CT molecular complexity index is 1460. The molecule has 0 saturated heterocycles. The molecule has 9 nitrogen and oxygen atoms in total. The van der Waals surface area contributed by atoms with Gasteiger partial charge in [0.05, 0.1) is 38.3 Å². The van der Waals surface area contributed by atoms with E-state index in [0.29, 0.717) is 22.8 Å². The third-order valence-corrected chi connectivity index (χ3v) is 5.60. The van der Waals surface area contributed by atoms with Crippen molar-refractivity contribution in [2.24, 2.45) is 0 Å². The Morgan fingerprint density at radius 3 is 2.26 bits per heavy atom. The standard InChI is InChI=1S/C24H18FN3O6/c1-31-16-9-12(10-17(32-2)21(16)33-3)19-18-20(29)14-11-13(25)5-6-15(14)34-22(18)23(30)28(19)24-26-7-4-8-27-24/h4-11,19H,1-3H3. The predicted octanol–water partition coefficient (Wildman–Crippen LogP) is 3.50. The first-order chi connectivity index (χ1) is 16.5. The lowest BCUT2D eigenvalue weighted by molar-refractivity contribution is 0.0969. The Kier molecular flexibility index (Phi) is 5.12. The molecule has 0 spiro atoms. The molecule has 1 unspecified atom stereocenters. The third kappa shape index (κ3) is 3.14. The summed E-state index contributed by atoms with van der Waals surface area (Å²) >= 11 is 0. The Morgan fingerprint density at radius 2 is 1.65 bits per heavy atom. The molecular weight excluding hydrogens is 445 g/mol. The summed E-state index contributed by atoms with van der Waals surface area (Å²) in [5.74, 6) is -0.332. The lowest BCUT2D eigenvalue weighted by atomic mass is 9.97. The Hall–Kier alpha value is -4.47. The average Bonchev–Trinajstić information content (AvgIpc) is 3.16. The summed E-state index contributed by atoms with van der Waals surface area (Å²) in [5, 5.41) is 0.0137. The van der Waals surface area contributed by atoms with Crippen LogP contribution in [-0.4, -0.2) is 37.2 Å². The van der Waals surface area contributed by atoms with Gasteiger partial charge in [0.25, 0.3) is 5.91 Å². The van der Waals surface area contributed by atoms with Crippen LogP contribution in [0.3, 0.4) is 0 Å². The monoisotopic (exact) mass is 463 g/mol. The molecule has 34 heavy (non-hydrogen) atoms. The fourth-order valence-corrected chi connectivity index (χ4v) is 4.14. The van der Waals surface area contributed by atoms with Crippen LogP contribution in [0.4, 0.5) is 10.3 Å². The molecule has 2 aromatic heterocycles. The quantitative estimate of drug-likeness (QED) is 0.443. The smallest absolute Gasteiger partial charge is 0.297 e. The van der Waals surface area contributed by atoms with Crippen molar-refractivity contribution in [2.45, 2.75) is 6.04 Å². The van der Waals surface area contributed by atoms with Crippen molar-refractivity contribution < 1.29 is 27.8 Å². The molecule has 5 rings (SSSR count). The average molecular weight is 463 g/mol. The van der Waals surface area contributed by atoms with E-state index in [1.165, 1.54) is 44.7 Å². The van der Waals surface area contributed by atoms with Crippen LogP contribution >= 0.6 is 0 Å². The Balaban J connectivity index is 1.84. The molecule has 1 aliphatic rings. The van der Waals surface area contributed by atoms with Crippen LogP contribution in [0.1, 0.15) is 27.7 Å². The molecule has 0 aliphatic carbocycles. The van der Waals surface area contributed by atoms with E-state index in [4.69, 9.17) is 18.6 Å². The summed E-state index contributed by atoms with van der Waals surface area (Å²) in [5.41, 5.74) is 0.0428. The van der Waals surface area contributed by atoms with Crippen molar-refractivity contribution in [1.82, 2.24) is 9.97 Å². The predicted molar refractivity (Wildman–Crippen MR) is 119 cm³/mol. The van der Waals surface area contributed by atoms with Gasteiger partial charge >= 0.3 is 0 Å². The van der Waals surface area contributed by atoms with Gasteiger partial charge < -0.3 is 18.6 Å². The first kappa shape index (κ1) is 21.4. The van der Waals surface area contributed by atoms with E-state index >= 15 is 0 Å². The van der Waals surface area contributed by atoms with E-state index < -0.39 is 23.2 Å². The second-order valence-corrected chi connectivity index (χ2v) is 7.40. The van der Waals surface area contributed by atoms with Crippen LogP contribution in [0, 0.1) is 5.82 Å².